The van der Waals surface area contributed by atoms with E-state index in [1.54, 1.807) is 6.92 Å². The summed E-state index contributed by atoms with van der Waals surface area (Å²) in [6.45, 7) is 6.60. The number of benzene rings is 1. The van der Waals surface area contributed by atoms with Crippen LogP contribution in [0.25, 0.3) is 0 Å². The van der Waals surface area contributed by atoms with Crippen LogP contribution in [0.3, 0.4) is 0 Å². The fourth-order valence-corrected chi connectivity index (χ4v) is 1.83. The van der Waals surface area contributed by atoms with Crippen LogP contribution < -0.4 is 0 Å². The van der Waals surface area contributed by atoms with Crippen molar-refractivity contribution in [3.63, 3.8) is 0 Å². The highest BCUT2D eigenvalue weighted by Gasteiger charge is 2.39. The Labute approximate surface area is 109 Å². The number of halogens is 3. The minimum absolute atomic E-state index is 0.0494. The molecule has 0 aliphatic rings. The summed E-state index contributed by atoms with van der Waals surface area (Å²) in [5, 5.41) is 0. The quantitative estimate of drug-likeness (QED) is 0.466. The minimum Gasteiger partial charge on any atom is -0.465 e. The van der Waals surface area contributed by atoms with Crippen molar-refractivity contribution in [3.05, 3.63) is 47.8 Å². The van der Waals surface area contributed by atoms with Crippen molar-refractivity contribution in [3.8, 4) is 0 Å². The van der Waals surface area contributed by atoms with E-state index in [1.807, 2.05) is 0 Å². The molecule has 0 bridgehead atoms. The molecule has 2 nitrogen and oxygen atoms in total. The molecule has 0 aliphatic carbocycles. The van der Waals surface area contributed by atoms with Gasteiger partial charge in [-0.2, -0.15) is 0 Å². The minimum atomic E-state index is -1.60. The summed E-state index contributed by atoms with van der Waals surface area (Å²) in [6, 6.07) is 1.84. The standard InChI is InChI=1S/C14H15F3O2/c1-4-8-14(3,13(18)19-5-2)9-6-7-10(15)12(17)11(9)16/h4,6-7H,1,5,8H2,2-3H3. The summed E-state index contributed by atoms with van der Waals surface area (Å²) in [5.41, 5.74) is -1.68. The molecule has 104 valence electrons. The van der Waals surface area contributed by atoms with Crippen molar-refractivity contribution in [2.75, 3.05) is 6.61 Å². The number of carbonyl (C=O) groups excluding carboxylic acids is 1. The van der Waals surface area contributed by atoms with Gasteiger partial charge in [0.1, 0.15) is 0 Å². The number of hydrogen-bond acceptors (Lipinski definition) is 2. The van der Waals surface area contributed by atoms with E-state index >= 15 is 0 Å². The summed E-state index contributed by atoms with van der Waals surface area (Å²) in [6.07, 6.45) is 1.45. The Balaban J connectivity index is 3.38. The third kappa shape index (κ3) is 2.80. The zero-order valence-corrected chi connectivity index (χ0v) is 10.8. The molecule has 0 amide bonds. The molecule has 0 aliphatic heterocycles. The monoisotopic (exact) mass is 272 g/mol. The topological polar surface area (TPSA) is 26.3 Å². The highest BCUT2D eigenvalue weighted by Crippen LogP contribution is 2.33. The number of rotatable bonds is 5. The smallest absolute Gasteiger partial charge is 0.316 e. The SMILES string of the molecule is C=CCC(C)(C(=O)OCC)c1ccc(F)c(F)c1F. The third-order valence-corrected chi connectivity index (χ3v) is 2.91. The molecule has 1 rings (SSSR count). The van der Waals surface area contributed by atoms with Crippen LogP contribution in [0.4, 0.5) is 13.2 Å². The van der Waals surface area contributed by atoms with Gasteiger partial charge in [-0.3, -0.25) is 4.79 Å². The average Bonchev–Trinajstić information content (AvgIpc) is 2.36. The molecular formula is C14H15F3O2. The van der Waals surface area contributed by atoms with Gasteiger partial charge in [0.25, 0.3) is 0 Å². The van der Waals surface area contributed by atoms with Crippen LogP contribution in [0.2, 0.25) is 0 Å². The maximum atomic E-state index is 13.8. The molecule has 0 fully saturated rings. The summed E-state index contributed by atoms with van der Waals surface area (Å²) in [7, 11) is 0. The van der Waals surface area contributed by atoms with E-state index in [9.17, 15) is 18.0 Å². The first kappa shape index (κ1) is 15.3. The van der Waals surface area contributed by atoms with E-state index in [0.717, 1.165) is 12.1 Å². The molecule has 1 unspecified atom stereocenters. The Morgan fingerprint density at radius 2 is 2.00 bits per heavy atom. The Bertz CT molecular complexity index is 500. The Hall–Kier alpha value is -1.78. The first-order valence-electron chi connectivity index (χ1n) is 5.80. The zero-order valence-electron chi connectivity index (χ0n) is 10.8. The highest BCUT2D eigenvalue weighted by molar-refractivity contribution is 5.83. The van der Waals surface area contributed by atoms with Crippen molar-refractivity contribution in [2.45, 2.75) is 25.7 Å². The van der Waals surface area contributed by atoms with Gasteiger partial charge in [0.05, 0.1) is 12.0 Å². The Kier molecular flexibility index (Phi) is 4.75. The fourth-order valence-electron chi connectivity index (χ4n) is 1.83. The predicted octanol–water partition coefficient (Wildman–Crippen LogP) is 3.50. The summed E-state index contributed by atoms with van der Waals surface area (Å²) < 4.78 is 44.9. The van der Waals surface area contributed by atoms with Crippen LogP contribution in [-0.4, -0.2) is 12.6 Å². The van der Waals surface area contributed by atoms with Crippen molar-refractivity contribution in [1.82, 2.24) is 0 Å². The van der Waals surface area contributed by atoms with Gasteiger partial charge in [0.2, 0.25) is 0 Å². The lowest BCUT2D eigenvalue weighted by molar-refractivity contribution is -0.149. The van der Waals surface area contributed by atoms with Gasteiger partial charge in [-0.1, -0.05) is 12.1 Å². The molecular weight excluding hydrogens is 257 g/mol. The van der Waals surface area contributed by atoms with Crippen molar-refractivity contribution < 1.29 is 22.7 Å². The van der Waals surface area contributed by atoms with E-state index in [0.29, 0.717) is 0 Å². The number of carbonyl (C=O) groups is 1. The van der Waals surface area contributed by atoms with Crippen LogP contribution in [0.5, 0.6) is 0 Å². The number of allylic oxidation sites excluding steroid dienone is 1. The third-order valence-electron chi connectivity index (χ3n) is 2.91. The lowest BCUT2D eigenvalue weighted by atomic mass is 9.79. The first-order valence-corrected chi connectivity index (χ1v) is 5.80. The highest BCUT2D eigenvalue weighted by atomic mass is 19.2. The maximum absolute atomic E-state index is 13.8. The van der Waals surface area contributed by atoms with Crippen LogP contribution in [0.1, 0.15) is 25.8 Å². The molecule has 0 saturated carbocycles. The zero-order chi connectivity index (χ0) is 14.6. The van der Waals surface area contributed by atoms with Crippen LogP contribution in [0.15, 0.2) is 24.8 Å². The van der Waals surface area contributed by atoms with E-state index < -0.39 is 28.8 Å². The molecule has 0 radical (unpaired) electrons. The number of esters is 1. The van der Waals surface area contributed by atoms with E-state index in [1.165, 1.54) is 13.0 Å². The molecule has 19 heavy (non-hydrogen) atoms. The lowest BCUT2D eigenvalue weighted by Gasteiger charge is -2.27. The summed E-state index contributed by atoms with van der Waals surface area (Å²) in [5.74, 6) is -4.99. The van der Waals surface area contributed by atoms with Gasteiger partial charge >= 0.3 is 5.97 Å². The molecule has 1 atom stereocenters. The Morgan fingerprint density at radius 3 is 2.53 bits per heavy atom. The van der Waals surface area contributed by atoms with Gasteiger partial charge in [0, 0.05) is 5.56 Å². The average molecular weight is 272 g/mol. The molecule has 0 heterocycles. The van der Waals surface area contributed by atoms with E-state index in [-0.39, 0.29) is 18.6 Å². The number of hydrogen-bond donors (Lipinski definition) is 0. The number of ether oxygens (including phenoxy) is 1. The molecule has 0 spiro atoms. The van der Waals surface area contributed by atoms with Gasteiger partial charge in [-0.15, -0.1) is 6.58 Å². The molecule has 1 aromatic carbocycles. The normalized spacial score (nSPS) is 13.7. The second-order valence-electron chi connectivity index (χ2n) is 4.27. The molecule has 0 N–H and O–H groups in total. The van der Waals surface area contributed by atoms with Gasteiger partial charge < -0.3 is 4.74 Å². The second kappa shape index (κ2) is 5.91. The van der Waals surface area contributed by atoms with Gasteiger partial charge in [0.15, 0.2) is 17.5 Å². The predicted molar refractivity (Wildman–Crippen MR) is 65.1 cm³/mol. The maximum Gasteiger partial charge on any atom is 0.316 e. The first-order chi connectivity index (χ1) is 8.88. The Morgan fingerprint density at radius 1 is 1.37 bits per heavy atom. The molecule has 0 aromatic heterocycles. The van der Waals surface area contributed by atoms with Crippen LogP contribution in [-0.2, 0) is 14.9 Å². The van der Waals surface area contributed by atoms with Gasteiger partial charge in [-0.25, -0.2) is 13.2 Å². The van der Waals surface area contributed by atoms with E-state index in [2.05, 4.69) is 6.58 Å². The van der Waals surface area contributed by atoms with Gasteiger partial charge in [-0.05, 0) is 26.3 Å². The van der Waals surface area contributed by atoms with Crippen LogP contribution >= 0.6 is 0 Å². The van der Waals surface area contributed by atoms with Crippen molar-refractivity contribution >= 4 is 5.97 Å². The largest absolute Gasteiger partial charge is 0.465 e. The van der Waals surface area contributed by atoms with Crippen molar-refractivity contribution in [2.24, 2.45) is 0 Å². The molecule has 5 heteroatoms. The second-order valence-corrected chi connectivity index (χ2v) is 4.27. The van der Waals surface area contributed by atoms with Crippen molar-refractivity contribution in [1.29, 1.82) is 0 Å². The molecule has 0 saturated heterocycles. The lowest BCUT2D eigenvalue weighted by Crippen LogP contribution is -2.35. The molecule has 1 aromatic rings. The summed E-state index contributed by atoms with van der Waals surface area (Å²) >= 11 is 0. The fraction of sp³-hybridized carbons (Fsp3) is 0.357. The van der Waals surface area contributed by atoms with Crippen LogP contribution in [0, 0.1) is 17.5 Å². The summed E-state index contributed by atoms with van der Waals surface area (Å²) in [4.78, 5) is 12.0. The van der Waals surface area contributed by atoms with E-state index in [4.69, 9.17) is 4.74 Å².